The number of fused-ring (bicyclic) bond motifs is 2. The number of ether oxygens (including phenoxy) is 1. The number of hydrogen-bond donors (Lipinski definition) is 1. The fourth-order valence-corrected chi connectivity index (χ4v) is 4.51. The van der Waals surface area contributed by atoms with Crippen molar-refractivity contribution in [3.05, 3.63) is 85.2 Å². The number of amides is 1. The van der Waals surface area contributed by atoms with E-state index >= 15 is 4.39 Å². The van der Waals surface area contributed by atoms with Gasteiger partial charge in [0.25, 0.3) is 0 Å². The molecule has 5 aromatic rings. The second-order valence-electron chi connectivity index (χ2n) is 9.15. The Labute approximate surface area is 228 Å². The van der Waals surface area contributed by atoms with Crippen molar-refractivity contribution in [1.29, 1.82) is 0 Å². The van der Waals surface area contributed by atoms with E-state index in [1.165, 1.54) is 18.7 Å². The van der Waals surface area contributed by atoms with Crippen molar-refractivity contribution in [2.45, 2.75) is 19.8 Å². The van der Waals surface area contributed by atoms with E-state index < -0.39 is 5.82 Å². The number of pyridine rings is 1. The van der Waals surface area contributed by atoms with Crippen LogP contribution in [0.3, 0.4) is 0 Å². The summed E-state index contributed by atoms with van der Waals surface area (Å²) in [4.78, 5) is 35.7. The largest absolute Gasteiger partial charge is 0.457 e. The molecule has 1 aliphatic rings. The van der Waals surface area contributed by atoms with Crippen LogP contribution in [0.4, 0.5) is 15.9 Å². The molecule has 12 heteroatoms. The number of halogens is 1. The Balaban J connectivity index is 1.26. The van der Waals surface area contributed by atoms with Gasteiger partial charge in [0.2, 0.25) is 5.91 Å². The van der Waals surface area contributed by atoms with Crippen LogP contribution in [0, 0.1) is 12.7 Å². The summed E-state index contributed by atoms with van der Waals surface area (Å²) >= 11 is 0. The second-order valence-corrected chi connectivity index (χ2v) is 9.15. The van der Waals surface area contributed by atoms with Crippen LogP contribution in [0.15, 0.2) is 68.0 Å². The maximum atomic E-state index is 15.5. The summed E-state index contributed by atoms with van der Waals surface area (Å²) in [6.45, 7) is 6.36. The average Bonchev–Trinajstić information content (AvgIpc) is 3.31. The minimum Gasteiger partial charge on any atom is -0.457 e. The van der Waals surface area contributed by atoms with Crippen molar-refractivity contribution in [1.82, 2.24) is 39.4 Å². The fourth-order valence-electron chi connectivity index (χ4n) is 4.51. The summed E-state index contributed by atoms with van der Waals surface area (Å²) in [6, 6.07) is 6.72. The van der Waals surface area contributed by atoms with Gasteiger partial charge in [-0.15, -0.1) is 0 Å². The van der Waals surface area contributed by atoms with E-state index in [4.69, 9.17) is 9.72 Å². The van der Waals surface area contributed by atoms with Crippen molar-refractivity contribution in [3.63, 3.8) is 0 Å². The Morgan fingerprint density at radius 2 is 2.05 bits per heavy atom. The molecule has 1 aliphatic heterocycles. The number of nitrogens with one attached hydrogen (secondary N) is 1. The molecule has 1 amide bonds. The molecule has 0 bridgehead atoms. The summed E-state index contributed by atoms with van der Waals surface area (Å²) in [5, 5.41) is 7.12. The van der Waals surface area contributed by atoms with Gasteiger partial charge in [-0.25, -0.2) is 33.8 Å². The molecule has 6 rings (SSSR count). The highest BCUT2D eigenvalue weighted by Gasteiger charge is 2.18. The third-order valence-corrected chi connectivity index (χ3v) is 6.66. The number of carbonyl (C=O) groups is 1. The quantitative estimate of drug-likeness (QED) is 0.309. The third kappa shape index (κ3) is 4.82. The van der Waals surface area contributed by atoms with E-state index in [2.05, 4.69) is 36.9 Å². The Morgan fingerprint density at radius 1 is 1.15 bits per heavy atom. The fraction of sp³-hybridized carbons (Fsp3) is 0.179. The minimum absolute atomic E-state index is 0.0981. The molecule has 0 atom stereocenters. The molecule has 11 nitrogen and oxygen atoms in total. The number of nitrogens with zero attached hydrogens (tertiary/aromatic N) is 8. The summed E-state index contributed by atoms with van der Waals surface area (Å²) < 4.78 is 23.1. The Kier molecular flexibility index (Phi) is 6.56. The van der Waals surface area contributed by atoms with E-state index in [1.807, 2.05) is 6.08 Å². The molecule has 1 N–H and O–H groups in total. The van der Waals surface area contributed by atoms with Gasteiger partial charge in [0.15, 0.2) is 23.1 Å². The summed E-state index contributed by atoms with van der Waals surface area (Å²) in [7, 11) is 0. The monoisotopic (exact) mass is 537 g/mol. The van der Waals surface area contributed by atoms with Gasteiger partial charge in [0, 0.05) is 30.9 Å². The lowest BCUT2D eigenvalue weighted by Gasteiger charge is -2.18. The first-order chi connectivity index (χ1) is 19.5. The van der Waals surface area contributed by atoms with Gasteiger partial charge >= 0.3 is 0 Å². The minimum atomic E-state index is -0.486. The Bertz CT molecular complexity index is 1800. The van der Waals surface area contributed by atoms with E-state index in [-0.39, 0.29) is 11.6 Å². The highest BCUT2D eigenvalue weighted by molar-refractivity contribution is 5.88. The van der Waals surface area contributed by atoms with Gasteiger partial charge in [-0.05, 0) is 49.6 Å². The van der Waals surface area contributed by atoms with Crippen LogP contribution >= 0.6 is 0 Å². The number of aromatic nitrogens is 7. The van der Waals surface area contributed by atoms with Crippen molar-refractivity contribution in [3.8, 4) is 11.5 Å². The zero-order chi connectivity index (χ0) is 27.6. The first-order valence-corrected chi connectivity index (χ1v) is 12.6. The lowest BCUT2D eigenvalue weighted by atomic mass is 10.1. The predicted octanol–water partition coefficient (Wildman–Crippen LogP) is 4.64. The molecule has 40 heavy (non-hydrogen) atoms. The molecular formula is C28H24FN9O2. The standard InChI is InChI=1S/C28H24FN9O2/c1-3-24(39)37-10-4-5-18(8-11-37)27-30-14-21-26(36-27)28(33-15-31-21)35-20-6-7-22(17(2)25(20)29)40-19-9-12-38-23(13-19)32-16-34-38/h3,5-7,9,12-16H,1,4,8,10-11H2,2H3,(H,31,33,35). The van der Waals surface area contributed by atoms with E-state index in [0.29, 0.717) is 71.3 Å². The first kappa shape index (κ1) is 25.0. The molecular weight excluding hydrogens is 513 g/mol. The first-order valence-electron chi connectivity index (χ1n) is 12.6. The number of hydrogen-bond acceptors (Lipinski definition) is 9. The zero-order valence-corrected chi connectivity index (χ0v) is 21.6. The van der Waals surface area contributed by atoms with Crippen LogP contribution in [-0.4, -0.2) is 58.4 Å². The van der Waals surface area contributed by atoms with Crippen molar-refractivity contribution in [2.75, 3.05) is 18.4 Å². The van der Waals surface area contributed by atoms with Gasteiger partial charge in [-0.2, -0.15) is 5.10 Å². The molecule has 5 heterocycles. The number of carbonyl (C=O) groups excluding carboxylic acids is 1. The number of anilines is 2. The number of benzene rings is 1. The summed E-state index contributed by atoms with van der Waals surface area (Å²) in [5.41, 5.74) is 3.04. The van der Waals surface area contributed by atoms with Crippen LogP contribution in [0.25, 0.3) is 22.3 Å². The summed E-state index contributed by atoms with van der Waals surface area (Å²) in [6.07, 6.45) is 10.8. The Morgan fingerprint density at radius 3 is 2.92 bits per heavy atom. The van der Waals surface area contributed by atoms with Crippen LogP contribution in [0.5, 0.6) is 11.5 Å². The van der Waals surface area contributed by atoms with E-state index in [9.17, 15) is 4.79 Å². The molecule has 0 unspecified atom stereocenters. The third-order valence-electron chi connectivity index (χ3n) is 6.66. The molecule has 0 saturated carbocycles. The van der Waals surface area contributed by atoms with Crippen molar-refractivity contribution in [2.24, 2.45) is 0 Å². The van der Waals surface area contributed by atoms with E-state index in [0.717, 1.165) is 5.57 Å². The molecule has 200 valence electrons. The maximum absolute atomic E-state index is 15.5. The normalized spacial score (nSPS) is 13.7. The number of rotatable bonds is 6. The van der Waals surface area contributed by atoms with Crippen LogP contribution in [0.1, 0.15) is 24.2 Å². The Hall–Kier alpha value is -5.26. The van der Waals surface area contributed by atoms with Crippen molar-refractivity contribution >= 4 is 39.7 Å². The zero-order valence-electron chi connectivity index (χ0n) is 21.6. The highest BCUT2D eigenvalue weighted by Crippen LogP contribution is 2.33. The van der Waals surface area contributed by atoms with Gasteiger partial charge in [0.05, 0.1) is 11.9 Å². The van der Waals surface area contributed by atoms with Crippen LogP contribution < -0.4 is 10.1 Å². The van der Waals surface area contributed by atoms with Crippen molar-refractivity contribution < 1.29 is 13.9 Å². The van der Waals surface area contributed by atoms with Crippen LogP contribution in [0.2, 0.25) is 0 Å². The summed E-state index contributed by atoms with van der Waals surface area (Å²) in [5.74, 6) is 1.16. The molecule has 0 aliphatic carbocycles. The second kappa shape index (κ2) is 10.5. The topological polar surface area (TPSA) is 123 Å². The molecule has 0 fully saturated rings. The molecule has 1 aromatic carbocycles. The molecule has 0 radical (unpaired) electrons. The van der Waals surface area contributed by atoms with Gasteiger partial charge in [0.1, 0.15) is 35.2 Å². The van der Waals surface area contributed by atoms with Gasteiger partial charge in [-0.1, -0.05) is 12.7 Å². The highest BCUT2D eigenvalue weighted by atomic mass is 19.1. The molecule has 4 aromatic heterocycles. The van der Waals surface area contributed by atoms with Crippen LogP contribution in [-0.2, 0) is 4.79 Å². The average molecular weight is 538 g/mol. The smallest absolute Gasteiger partial charge is 0.245 e. The lowest BCUT2D eigenvalue weighted by Crippen LogP contribution is -2.30. The lowest BCUT2D eigenvalue weighted by molar-refractivity contribution is -0.125. The SMILES string of the molecule is C=CC(=O)N1CCC=C(c2ncc3ncnc(Nc4ccc(Oc5ccn6ncnc6c5)c(C)c4F)c3n2)CC1. The molecule has 0 saturated heterocycles. The predicted molar refractivity (Wildman–Crippen MR) is 147 cm³/mol. The van der Waals surface area contributed by atoms with E-state index in [1.54, 1.807) is 53.0 Å². The molecule has 0 spiro atoms. The maximum Gasteiger partial charge on any atom is 0.245 e. The van der Waals surface area contributed by atoms with Gasteiger partial charge in [-0.3, -0.25) is 4.79 Å². The van der Waals surface area contributed by atoms with Gasteiger partial charge < -0.3 is 15.0 Å².